The van der Waals surface area contributed by atoms with Crippen molar-refractivity contribution in [2.24, 2.45) is 5.92 Å². The van der Waals surface area contributed by atoms with Gasteiger partial charge in [-0.25, -0.2) is 0 Å². The van der Waals surface area contributed by atoms with Gasteiger partial charge in [0.1, 0.15) is 0 Å². The average molecular weight is 232 g/mol. The minimum absolute atomic E-state index is 0.0666. The fourth-order valence-electron chi connectivity index (χ4n) is 2.79. The van der Waals surface area contributed by atoms with Crippen LogP contribution in [0.3, 0.4) is 0 Å². The molecule has 1 unspecified atom stereocenters. The third kappa shape index (κ3) is 2.68. The van der Waals surface area contributed by atoms with Gasteiger partial charge in [0.25, 0.3) is 0 Å². The highest BCUT2D eigenvalue weighted by Gasteiger charge is 2.32. The molecule has 2 rings (SSSR count). The third-order valence-electron chi connectivity index (χ3n) is 3.76. The van der Waals surface area contributed by atoms with Crippen molar-refractivity contribution in [1.29, 1.82) is 0 Å². The van der Waals surface area contributed by atoms with E-state index in [4.69, 9.17) is 4.74 Å². The fraction of sp³-hybridized carbons (Fsp3) is 0.533. The average Bonchev–Trinajstić information content (AvgIpc) is 2.85. The summed E-state index contributed by atoms with van der Waals surface area (Å²) in [5.41, 5.74) is 2.33. The summed E-state index contributed by atoms with van der Waals surface area (Å²) in [6.07, 6.45) is 4.77. The van der Waals surface area contributed by atoms with E-state index in [1.165, 1.54) is 25.5 Å². The predicted octanol–water partition coefficient (Wildman–Crippen LogP) is 3.44. The highest BCUT2D eigenvalue weighted by Crippen LogP contribution is 2.38. The van der Waals surface area contributed by atoms with Gasteiger partial charge in [-0.3, -0.25) is 4.79 Å². The molecule has 1 aliphatic rings. The van der Waals surface area contributed by atoms with E-state index in [-0.39, 0.29) is 11.9 Å². The zero-order chi connectivity index (χ0) is 12.3. The SMILES string of the molecule is COC(=O)C(c1ccc(C)cc1)C1CCCC1. The molecular weight excluding hydrogens is 212 g/mol. The second-order valence-corrected chi connectivity index (χ2v) is 4.96. The highest BCUT2D eigenvalue weighted by molar-refractivity contribution is 5.78. The first-order chi connectivity index (χ1) is 8.22. The zero-order valence-electron chi connectivity index (χ0n) is 10.6. The van der Waals surface area contributed by atoms with E-state index < -0.39 is 0 Å². The normalized spacial score (nSPS) is 18.0. The molecule has 1 saturated carbocycles. The standard InChI is InChI=1S/C15H20O2/c1-11-7-9-13(10-8-11)14(15(16)17-2)12-5-3-4-6-12/h7-10,12,14H,3-6H2,1-2H3. The summed E-state index contributed by atoms with van der Waals surface area (Å²) in [4.78, 5) is 12.0. The number of hydrogen-bond donors (Lipinski definition) is 0. The Hall–Kier alpha value is -1.31. The number of rotatable bonds is 3. The number of carbonyl (C=O) groups excluding carboxylic acids is 1. The maximum atomic E-state index is 12.0. The Morgan fingerprint density at radius 1 is 1.24 bits per heavy atom. The number of carbonyl (C=O) groups is 1. The van der Waals surface area contributed by atoms with Gasteiger partial charge in [-0.1, -0.05) is 42.7 Å². The Labute approximate surface area is 103 Å². The van der Waals surface area contributed by atoms with E-state index in [1.54, 1.807) is 0 Å². The molecule has 2 nitrogen and oxygen atoms in total. The number of esters is 1. The Morgan fingerprint density at radius 3 is 2.35 bits per heavy atom. The molecule has 0 radical (unpaired) electrons. The first kappa shape index (κ1) is 12.2. The topological polar surface area (TPSA) is 26.3 Å². The number of benzene rings is 1. The monoisotopic (exact) mass is 232 g/mol. The largest absolute Gasteiger partial charge is 0.469 e. The maximum Gasteiger partial charge on any atom is 0.313 e. The van der Waals surface area contributed by atoms with Gasteiger partial charge in [-0.15, -0.1) is 0 Å². The molecule has 0 bridgehead atoms. The summed E-state index contributed by atoms with van der Waals surface area (Å²) < 4.78 is 4.97. The summed E-state index contributed by atoms with van der Waals surface area (Å²) in [5, 5.41) is 0. The minimum Gasteiger partial charge on any atom is -0.469 e. The molecule has 1 aliphatic carbocycles. The lowest BCUT2D eigenvalue weighted by Gasteiger charge is -2.21. The van der Waals surface area contributed by atoms with Gasteiger partial charge >= 0.3 is 5.97 Å². The summed E-state index contributed by atoms with van der Waals surface area (Å²) in [6.45, 7) is 2.06. The molecule has 2 heteroatoms. The van der Waals surface area contributed by atoms with Crippen LogP contribution in [0.2, 0.25) is 0 Å². The van der Waals surface area contributed by atoms with Crippen LogP contribution in [-0.2, 0) is 9.53 Å². The van der Waals surface area contributed by atoms with Gasteiger partial charge in [0, 0.05) is 0 Å². The highest BCUT2D eigenvalue weighted by atomic mass is 16.5. The molecular formula is C15H20O2. The van der Waals surface area contributed by atoms with Crippen molar-refractivity contribution in [3.63, 3.8) is 0 Å². The Bertz CT molecular complexity index is 374. The number of ether oxygens (including phenoxy) is 1. The van der Waals surface area contributed by atoms with Gasteiger partial charge in [-0.05, 0) is 31.2 Å². The molecule has 0 spiro atoms. The molecule has 0 heterocycles. The molecule has 1 fully saturated rings. The number of aryl methyl sites for hydroxylation is 1. The molecule has 0 aliphatic heterocycles. The second-order valence-electron chi connectivity index (χ2n) is 4.96. The second kappa shape index (κ2) is 5.35. The van der Waals surface area contributed by atoms with Gasteiger partial charge in [0.15, 0.2) is 0 Å². The van der Waals surface area contributed by atoms with Crippen LogP contribution in [0.15, 0.2) is 24.3 Å². The van der Waals surface area contributed by atoms with Crippen molar-refractivity contribution < 1.29 is 9.53 Å². The van der Waals surface area contributed by atoms with E-state index >= 15 is 0 Å². The van der Waals surface area contributed by atoms with Gasteiger partial charge in [0.2, 0.25) is 0 Å². The van der Waals surface area contributed by atoms with Gasteiger partial charge in [-0.2, -0.15) is 0 Å². The van der Waals surface area contributed by atoms with Gasteiger partial charge < -0.3 is 4.74 Å². The van der Waals surface area contributed by atoms with Gasteiger partial charge in [0.05, 0.1) is 13.0 Å². The van der Waals surface area contributed by atoms with Crippen LogP contribution in [0.4, 0.5) is 0 Å². The lowest BCUT2D eigenvalue weighted by atomic mass is 9.84. The molecule has 1 aromatic carbocycles. The van der Waals surface area contributed by atoms with Crippen molar-refractivity contribution in [1.82, 2.24) is 0 Å². The summed E-state index contributed by atoms with van der Waals surface area (Å²) in [7, 11) is 1.48. The zero-order valence-corrected chi connectivity index (χ0v) is 10.6. The first-order valence-corrected chi connectivity index (χ1v) is 6.37. The van der Waals surface area contributed by atoms with Crippen LogP contribution in [0.1, 0.15) is 42.7 Å². The van der Waals surface area contributed by atoms with Crippen LogP contribution in [0.25, 0.3) is 0 Å². The Kier molecular flexibility index (Phi) is 3.82. The summed E-state index contributed by atoms with van der Waals surface area (Å²) in [5.74, 6) is 0.314. The summed E-state index contributed by atoms with van der Waals surface area (Å²) >= 11 is 0. The molecule has 0 N–H and O–H groups in total. The van der Waals surface area contributed by atoms with E-state index in [1.807, 2.05) is 0 Å². The van der Waals surface area contributed by atoms with Crippen LogP contribution in [-0.4, -0.2) is 13.1 Å². The number of methoxy groups -OCH3 is 1. The smallest absolute Gasteiger partial charge is 0.313 e. The molecule has 1 atom stereocenters. The molecule has 92 valence electrons. The predicted molar refractivity (Wildman–Crippen MR) is 67.9 cm³/mol. The van der Waals surface area contributed by atoms with E-state index in [2.05, 4.69) is 31.2 Å². The first-order valence-electron chi connectivity index (χ1n) is 6.37. The molecule has 0 aromatic heterocycles. The van der Waals surface area contributed by atoms with Crippen molar-refractivity contribution >= 4 is 5.97 Å². The van der Waals surface area contributed by atoms with Crippen molar-refractivity contribution in [2.75, 3.05) is 7.11 Å². The molecule has 17 heavy (non-hydrogen) atoms. The molecule has 0 amide bonds. The molecule has 1 aromatic rings. The van der Waals surface area contributed by atoms with Crippen LogP contribution in [0, 0.1) is 12.8 Å². The Balaban J connectivity index is 2.25. The number of hydrogen-bond acceptors (Lipinski definition) is 2. The summed E-state index contributed by atoms with van der Waals surface area (Å²) in [6, 6.07) is 8.27. The minimum atomic E-state index is -0.0826. The van der Waals surface area contributed by atoms with E-state index in [0.717, 1.165) is 18.4 Å². The lowest BCUT2D eigenvalue weighted by molar-refractivity contribution is -0.143. The molecule has 0 saturated heterocycles. The van der Waals surface area contributed by atoms with Crippen LogP contribution >= 0.6 is 0 Å². The Morgan fingerprint density at radius 2 is 1.82 bits per heavy atom. The fourth-order valence-corrected chi connectivity index (χ4v) is 2.79. The quantitative estimate of drug-likeness (QED) is 0.746. The van der Waals surface area contributed by atoms with Crippen molar-refractivity contribution in [3.05, 3.63) is 35.4 Å². The van der Waals surface area contributed by atoms with E-state index in [9.17, 15) is 4.79 Å². The van der Waals surface area contributed by atoms with Crippen LogP contribution in [0.5, 0.6) is 0 Å². The van der Waals surface area contributed by atoms with Crippen molar-refractivity contribution in [2.45, 2.75) is 38.5 Å². The van der Waals surface area contributed by atoms with Crippen LogP contribution < -0.4 is 0 Å². The third-order valence-corrected chi connectivity index (χ3v) is 3.76. The van der Waals surface area contributed by atoms with E-state index in [0.29, 0.717) is 5.92 Å². The maximum absolute atomic E-state index is 12.0. The lowest BCUT2D eigenvalue weighted by Crippen LogP contribution is -2.21. The van der Waals surface area contributed by atoms with Crippen molar-refractivity contribution in [3.8, 4) is 0 Å².